The fourth-order valence-corrected chi connectivity index (χ4v) is 2.08. The fraction of sp³-hybridized carbons (Fsp3) is 0.500. The Morgan fingerprint density at radius 3 is 3.00 bits per heavy atom. The molecule has 2 unspecified atom stereocenters. The van der Waals surface area contributed by atoms with Gasteiger partial charge in [-0.05, 0) is 31.5 Å². The van der Waals surface area contributed by atoms with E-state index in [9.17, 15) is 0 Å². The second-order valence-corrected chi connectivity index (χ2v) is 4.32. The van der Waals surface area contributed by atoms with Crippen molar-refractivity contribution in [2.75, 3.05) is 13.6 Å². The maximum Gasteiger partial charge on any atom is 0.117 e. The van der Waals surface area contributed by atoms with Gasteiger partial charge in [-0.3, -0.25) is 4.90 Å². The number of hydrogen-bond donors (Lipinski definition) is 1. The summed E-state index contributed by atoms with van der Waals surface area (Å²) in [5, 5.41) is 0. The van der Waals surface area contributed by atoms with Crippen LogP contribution in [0.4, 0.5) is 0 Å². The van der Waals surface area contributed by atoms with Gasteiger partial charge >= 0.3 is 0 Å². The summed E-state index contributed by atoms with van der Waals surface area (Å²) in [6, 6.07) is 4.19. The molecule has 0 bridgehead atoms. The van der Waals surface area contributed by atoms with Gasteiger partial charge in [0.15, 0.2) is 0 Å². The van der Waals surface area contributed by atoms with E-state index in [-0.39, 0.29) is 6.04 Å². The van der Waals surface area contributed by atoms with Crippen molar-refractivity contribution in [1.82, 2.24) is 4.90 Å². The zero-order chi connectivity index (χ0) is 10.7. The molecule has 1 aliphatic carbocycles. The first-order valence-electron chi connectivity index (χ1n) is 5.39. The molecule has 0 aromatic carbocycles. The lowest BCUT2D eigenvalue weighted by Gasteiger charge is -2.19. The van der Waals surface area contributed by atoms with E-state index < -0.39 is 0 Å². The standard InChI is InChI=1S/C12H18N2O/c1-14(9-12-3-2-6-15-12)8-10-4-5-11(13)7-10/h2-6,10-11H,7-9,13H2,1H3. The Labute approximate surface area is 90.5 Å². The molecule has 3 heteroatoms. The molecule has 0 spiro atoms. The monoisotopic (exact) mass is 206 g/mol. The number of nitrogens with two attached hydrogens (primary N) is 1. The first-order chi connectivity index (χ1) is 7.24. The number of rotatable bonds is 4. The van der Waals surface area contributed by atoms with Crippen LogP contribution >= 0.6 is 0 Å². The Morgan fingerprint density at radius 1 is 1.53 bits per heavy atom. The Morgan fingerprint density at radius 2 is 2.40 bits per heavy atom. The smallest absolute Gasteiger partial charge is 0.117 e. The molecule has 82 valence electrons. The van der Waals surface area contributed by atoms with Crippen molar-refractivity contribution in [2.45, 2.75) is 19.0 Å². The third kappa shape index (κ3) is 2.94. The Balaban J connectivity index is 1.78. The first kappa shape index (κ1) is 10.5. The molecular formula is C12H18N2O. The largest absolute Gasteiger partial charge is 0.468 e. The summed E-state index contributed by atoms with van der Waals surface area (Å²) in [4.78, 5) is 2.27. The highest BCUT2D eigenvalue weighted by Crippen LogP contribution is 2.17. The minimum absolute atomic E-state index is 0.256. The SMILES string of the molecule is CN(Cc1ccco1)CC1C=CC(N)C1. The Hall–Kier alpha value is -1.06. The first-order valence-corrected chi connectivity index (χ1v) is 5.39. The van der Waals surface area contributed by atoms with Crippen LogP contribution in [-0.4, -0.2) is 24.5 Å². The summed E-state index contributed by atoms with van der Waals surface area (Å²) >= 11 is 0. The number of hydrogen-bond acceptors (Lipinski definition) is 3. The van der Waals surface area contributed by atoms with Gasteiger partial charge in [-0.25, -0.2) is 0 Å². The van der Waals surface area contributed by atoms with Crippen LogP contribution in [0.1, 0.15) is 12.2 Å². The molecule has 1 heterocycles. The van der Waals surface area contributed by atoms with Gasteiger partial charge in [-0.1, -0.05) is 12.2 Å². The summed E-state index contributed by atoms with van der Waals surface area (Å²) in [5.74, 6) is 1.61. The average molecular weight is 206 g/mol. The van der Waals surface area contributed by atoms with Gasteiger partial charge in [0.1, 0.15) is 5.76 Å². The molecule has 0 aliphatic heterocycles. The lowest BCUT2D eigenvalue weighted by molar-refractivity contribution is 0.265. The van der Waals surface area contributed by atoms with E-state index >= 15 is 0 Å². The van der Waals surface area contributed by atoms with Crippen LogP contribution in [-0.2, 0) is 6.54 Å². The third-order valence-corrected chi connectivity index (χ3v) is 2.76. The highest BCUT2D eigenvalue weighted by atomic mass is 16.3. The molecule has 0 radical (unpaired) electrons. The summed E-state index contributed by atoms with van der Waals surface area (Å²) in [5.41, 5.74) is 5.81. The second-order valence-electron chi connectivity index (χ2n) is 4.32. The molecule has 0 fully saturated rings. The molecule has 2 atom stereocenters. The highest BCUT2D eigenvalue weighted by Gasteiger charge is 2.17. The lowest BCUT2D eigenvalue weighted by Crippen LogP contribution is -2.25. The Bertz CT molecular complexity index is 318. The Kier molecular flexibility index (Phi) is 3.23. The molecule has 1 aromatic heterocycles. The van der Waals surface area contributed by atoms with E-state index in [0.29, 0.717) is 5.92 Å². The third-order valence-electron chi connectivity index (χ3n) is 2.76. The summed E-state index contributed by atoms with van der Waals surface area (Å²) in [7, 11) is 2.11. The van der Waals surface area contributed by atoms with Crippen LogP contribution in [0.2, 0.25) is 0 Å². The molecule has 1 aliphatic rings. The van der Waals surface area contributed by atoms with Crippen LogP contribution in [0.5, 0.6) is 0 Å². The van der Waals surface area contributed by atoms with Crippen molar-refractivity contribution >= 4 is 0 Å². The molecule has 0 saturated carbocycles. The second kappa shape index (κ2) is 4.64. The molecule has 2 N–H and O–H groups in total. The predicted molar refractivity (Wildman–Crippen MR) is 60.3 cm³/mol. The maximum atomic E-state index is 5.81. The molecule has 15 heavy (non-hydrogen) atoms. The predicted octanol–water partition coefficient (Wildman–Crippen LogP) is 1.61. The molecular weight excluding hydrogens is 188 g/mol. The zero-order valence-electron chi connectivity index (χ0n) is 9.10. The van der Waals surface area contributed by atoms with Crippen LogP contribution in [0, 0.1) is 5.92 Å². The van der Waals surface area contributed by atoms with Crippen molar-refractivity contribution in [3.8, 4) is 0 Å². The summed E-state index contributed by atoms with van der Waals surface area (Å²) < 4.78 is 5.31. The van der Waals surface area contributed by atoms with Crippen molar-refractivity contribution in [3.63, 3.8) is 0 Å². The van der Waals surface area contributed by atoms with E-state index in [1.54, 1.807) is 6.26 Å². The number of nitrogens with zero attached hydrogens (tertiary/aromatic N) is 1. The topological polar surface area (TPSA) is 42.4 Å². The molecule has 0 saturated heterocycles. The minimum Gasteiger partial charge on any atom is -0.468 e. The summed E-state index contributed by atoms with van der Waals surface area (Å²) in [6.07, 6.45) is 7.12. The quantitative estimate of drug-likeness (QED) is 0.761. The van der Waals surface area contributed by atoms with Crippen LogP contribution in [0.15, 0.2) is 35.0 Å². The van der Waals surface area contributed by atoms with E-state index in [2.05, 4.69) is 24.1 Å². The van der Waals surface area contributed by atoms with Crippen LogP contribution in [0.3, 0.4) is 0 Å². The van der Waals surface area contributed by atoms with Crippen molar-refractivity contribution in [1.29, 1.82) is 0 Å². The van der Waals surface area contributed by atoms with Crippen molar-refractivity contribution < 1.29 is 4.42 Å². The average Bonchev–Trinajstić information content (AvgIpc) is 2.77. The van der Waals surface area contributed by atoms with Gasteiger partial charge in [-0.15, -0.1) is 0 Å². The molecule has 0 amide bonds. The van der Waals surface area contributed by atoms with Gasteiger partial charge in [0, 0.05) is 12.6 Å². The van der Waals surface area contributed by atoms with Gasteiger partial charge < -0.3 is 10.2 Å². The van der Waals surface area contributed by atoms with E-state index in [1.807, 2.05) is 12.1 Å². The van der Waals surface area contributed by atoms with E-state index in [4.69, 9.17) is 10.2 Å². The maximum absolute atomic E-state index is 5.81. The minimum atomic E-state index is 0.256. The van der Waals surface area contributed by atoms with Crippen molar-refractivity contribution in [2.24, 2.45) is 11.7 Å². The van der Waals surface area contributed by atoms with Crippen LogP contribution in [0.25, 0.3) is 0 Å². The number of furan rings is 1. The molecule has 1 aromatic rings. The van der Waals surface area contributed by atoms with Gasteiger partial charge in [0.25, 0.3) is 0 Å². The van der Waals surface area contributed by atoms with Gasteiger partial charge in [0.2, 0.25) is 0 Å². The molecule has 3 nitrogen and oxygen atoms in total. The zero-order valence-corrected chi connectivity index (χ0v) is 9.10. The van der Waals surface area contributed by atoms with E-state index in [1.165, 1.54) is 0 Å². The van der Waals surface area contributed by atoms with E-state index in [0.717, 1.165) is 25.3 Å². The highest BCUT2D eigenvalue weighted by molar-refractivity contribution is 5.05. The van der Waals surface area contributed by atoms with Gasteiger partial charge in [0.05, 0.1) is 12.8 Å². The fourth-order valence-electron chi connectivity index (χ4n) is 2.08. The molecule has 2 rings (SSSR count). The van der Waals surface area contributed by atoms with Gasteiger partial charge in [-0.2, -0.15) is 0 Å². The summed E-state index contributed by atoms with van der Waals surface area (Å²) in [6.45, 7) is 1.91. The normalized spacial score (nSPS) is 25.3. The van der Waals surface area contributed by atoms with Crippen LogP contribution < -0.4 is 5.73 Å². The van der Waals surface area contributed by atoms with Crippen molar-refractivity contribution in [3.05, 3.63) is 36.3 Å². The lowest BCUT2D eigenvalue weighted by atomic mass is 10.1.